The second-order valence-corrected chi connectivity index (χ2v) is 5.25. The summed E-state index contributed by atoms with van der Waals surface area (Å²) in [5, 5.41) is 3.15. The molecule has 0 bridgehead atoms. The lowest BCUT2D eigenvalue weighted by Gasteiger charge is -2.13. The zero-order valence-electron chi connectivity index (χ0n) is 11.7. The average molecular weight is 336 g/mol. The van der Waals surface area contributed by atoms with Crippen molar-refractivity contribution in [3.8, 4) is 11.5 Å². The molecule has 1 N–H and O–H groups in total. The molecule has 106 valence electrons. The van der Waals surface area contributed by atoms with Gasteiger partial charge in [0, 0.05) is 12.1 Å². The molecule has 0 radical (unpaired) electrons. The van der Waals surface area contributed by atoms with Crippen molar-refractivity contribution in [3.05, 3.63) is 58.1 Å². The van der Waals surface area contributed by atoms with Crippen LogP contribution in [-0.2, 0) is 13.2 Å². The SMILES string of the molecule is CNCc1cccc(Br)c1OCc1cccc(OC)c1. The lowest BCUT2D eigenvalue weighted by molar-refractivity contribution is 0.299. The standard InChI is InChI=1S/C16H18BrNO2/c1-18-10-13-6-4-8-15(17)16(13)20-11-12-5-3-7-14(9-12)19-2/h3-9,18H,10-11H2,1-2H3. The normalized spacial score (nSPS) is 10.3. The molecule has 0 aliphatic carbocycles. The zero-order valence-corrected chi connectivity index (χ0v) is 13.2. The van der Waals surface area contributed by atoms with Gasteiger partial charge in [-0.3, -0.25) is 0 Å². The summed E-state index contributed by atoms with van der Waals surface area (Å²) < 4.78 is 12.1. The smallest absolute Gasteiger partial charge is 0.138 e. The van der Waals surface area contributed by atoms with Crippen molar-refractivity contribution in [2.45, 2.75) is 13.2 Å². The largest absolute Gasteiger partial charge is 0.497 e. The molecule has 3 nitrogen and oxygen atoms in total. The molecule has 2 rings (SSSR count). The fourth-order valence-corrected chi connectivity index (χ4v) is 2.48. The number of rotatable bonds is 6. The number of hydrogen-bond donors (Lipinski definition) is 1. The summed E-state index contributed by atoms with van der Waals surface area (Å²) in [6.07, 6.45) is 0. The Hall–Kier alpha value is -1.52. The first-order valence-electron chi connectivity index (χ1n) is 6.42. The van der Waals surface area contributed by atoms with Crippen LogP contribution in [0.4, 0.5) is 0 Å². The first kappa shape index (κ1) is 14.9. The van der Waals surface area contributed by atoms with Crippen LogP contribution in [0.3, 0.4) is 0 Å². The number of hydrogen-bond acceptors (Lipinski definition) is 3. The molecule has 0 unspecified atom stereocenters. The molecule has 2 aromatic carbocycles. The quantitative estimate of drug-likeness (QED) is 0.871. The minimum absolute atomic E-state index is 0.510. The number of para-hydroxylation sites is 1. The van der Waals surface area contributed by atoms with Crippen molar-refractivity contribution in [1.29, 1.82) is 0 Å². The van der Waals surface area contributed by atoms with Gasteiger partial charge in [-0.25, -0.2) is 0 Å². The Balaban J connectivity index is 2.13. The van der Waals surface area contributed by atoms with E-state index in [0.29, 0.717) is 6.61 Å². The molecule has 0 aliphatic rings. The molecule has 0 atom stereocenters. The van der Waals surface area contributed by atoms with Crippen molar-refractivity contribution in [3.63, 3.8) is 0 Å². The Kier molecular flexibility index (Phi) is 5.44. The third kappa shape index (κ3) is 3.74. The van der Waals surface area contributed by atoms with Crippen LogP contribution in [0.25, 0.3) is 0 Å². The minimum Gasteiger partial charge on any atom is -0.497 e. The van der Waals surface area contributed by atoms with Crippen LogP contribution in [0.1, 0.15) is 11.1 Å². The molecule has 0 fully saturated rings. The highest BCUT2D eigenvalue weighted by molar-refractivity contribution is 9.10. The van der Waals surface area contributed by atoms with Gasteiger partial charge in [-0.1, -0.05) is 24.3 Å². The van der Waals surface area contributed by atoms with Gasteiger partial charge in [0.25, 0.3) is 0 Å². The first-order valence-corrected chi connectivity index (χ1v) is 7.21. The summed E-state index contributed by atoms with van der Waals surface area (Å²) in [5.74, 6) is 1.72. The van der Waals surface area contributed by atoms with Crippen LogP contribution in [-0.4, -0.2) is 14.2 Å². The molecule has 0 spiro atoms. The van der Waals surface area contributed by atoms with Gasteiger partial charge in [-0.2, -0.15) is 0 Å². The van der Waals surface area contributed by atoms with E-state index in [1.165, 1.54) is 0 Å². The number of benzene rings is 2. The van der Waals surface area contributed by atoms with E-state index in [-0.39, 0.29) is 0 Å². The van der Waals surface area contributed by atoms with E-state index >= 15 is 0 Å². The molecule has 2 aromatic rings. The van der Waals surface area contributed by atoms with Crippen LogP contribution in [0.2, 0.25) is 0 Å². The zero-order chi connectivity index (χ0) is 14.4. The number of ether oxygens (including phenoxy) is 2. The maximum atomic E-state index is 5.96. The van der Waals surface area contributed by atoms with Gasteiger partial charge in [0.15, 0.2) is 0 Å². The van der Waals surface area contributed by atoms with E-state index in [9.17, 15) is 0 Å². The van der Waals surface area contributed by atoms with Crippen LogP contribution >= 0.6 is 15.9 Å². The van der Waals surface area contributed by atoms with Crippen molar-refractivity contribution in [1.82, 2.24) is 5.32 Å². The topological polar surface area (TPSA) is 30.5 Å². The summed E-state index contributed by atoms with van der Waals surface area (Å²) in [7, 11) is 3.59. The fourth-order valence-electron chi connectivity index (χ4n) is 1.96. The van der Waals surface area contributed by atoms with Gasteiger partial charge < -0.3 is 14.8 Å². The minimum atomic E-state index is 0.510. The Morgan fingerprint density at radius 2 is 1.95 bits per heavy atom. The molecular formula is C16H18BrNO2. The molecular weight excluding hydrogens is 318 g/mol. The van der Waals surface area contributed by atoms with E-state index in [1.807, 2.05) is 43.4 Å². The Bertz CT molecular complexity index is 572. The molecule has 0 amide bonds. The highest BCUT2D eigenvalue weighted by atomic mass is 79.9. The van der Waals surface area contributed by atoms with Gasteiger partial charge in [-0.05, 0) is 46.7 Å². The third-order valence-corrected chi connectivity index (χ3v) is 3.56. The van der Waals surface area contributed by atoms with Crippen LogP contribution in [0.15, 0.2) is 46.9 Å². The van der Waals surface area contributed by atoms with Crippen molar-refractivity contribution >= 4 is 15.9 Å². The highest BCUT2D eigenvalue weighted by Gasteiger charge is 2.08. The van der Waals surface area contributed by atoms with Crippen molar-refractivity contribution in [2.75, 3.05) is 14.2 Å². The summed E-state index contributed by atoms with van der Waals surface area (Å²) in [6.45, 7) is 1.28. The summed E-state index contributed by atoms with van der Waals surface area (Å²) in [6, 6.07) is 13.9. The van der Waals surface area contributed by atoms with E-state index < -0.39 is 0 Å². The lowest BCUT2D eigenvalue weighted by Crippen LogP contribution is -2.08. The average Bonchev–Trinajstić information content (AvgIpc) is 2.47. The third-order valence-electron chi connectivity index (χ3n) is 2.93. The van der Waals surface area contributed by atoms with E-state index in [4.69, 9.17) is 9.47 Å². The maximum Gasteiger partial charge on any atom is 0.138 e. The summed E-state index contributed by atoms with van der Waals surface area (Å²) >= 11 is 3.54. The predicted molar refractivity (Wildman–Crippen MR) is 84.2 cm³/mol. The van der Waals surface area contributed by atoms with Gasteiger partial charge >= 0.3 is 0 Å². The molecule has 0 heterocycles. The highest BCUT2D eigenvalue weighted by Crippen LogP contribution is 2.30. The summed E-state index contributed by atoms with van der Waals surface area (Å²) in [5.41, 5.74) is 2.21. The molecule has 4 heteroatoms. The monoisotopic (exact) mass is 335 g/mol. The second-order valence-electron chi connectivity index (χ2n) is 4.40. The Morgan fingerprint density at radius 1 is 1.15 bits per heavy atom. The number of halogens is 1. The molecule has 0 saturated carbocycles. The number of nitrogens with one attached hydrogen (secondary N) is 1. The Labute approximate surface area is 128 Å². The lowest BCUT2D eigenvalue weighted by atomic mass is 10.2. The maximum absolute atomic E-state index is 5.96. The van der Waals surface area contributed by atoms with Gasteiger partial charge in [0.05, 0.1) is 11.6 Å². The molecule has 0 saturated heterocycles. The fraction of sp³-hybridized carbons (Fsp3) is 0.250. The van der Waals surface area contributed by atoms with E-state index in [2.05, 4.69) is 27.3 Å². The second kappa shape index (κ2) is 7.31. The van der Waals surface area contributed by atoms with Gasteiger partial charge in [0.2, 0.25) is 0 Å². The Morgan fingerprint density at radius 3 is 2.70 bits per heavy atom. The molecule has 0 aliphatic heterocycles. The van der Waals surface area contributed by atoms with E-state index in [0.717, 1.165) is 33.6 Å². The van der Waals surface area contributed by atoms with E-state index in [1.54, 1.807) is 7.11 Å². The molecule has 0 aromatic heterocycles. The van der Waals surface area contributed by atoms with Crippen molar-refractivity contribution < 1.29 is 9.47 Å². The molecule has 20 heavy (non-hydrogen) atoms. The summed E-state index contributed by atoms with van der Waals surface area (Å²) in [4.78, 5) is 0. The number of methoxy groups -OCH3 is 1. The predicted octanol–water partition coefficient (Wildman–Crippen LogP) is 3.76. The van der Waals surface area contributed by atoms with Crippen LogP contribution < -0.4 is 14.8 Å². The first-order chi connectivity index (χ1) is 9.74. The van der Waals surface area contributed by atoms with Gasteiger partial charge in [-0.15, -0.1) is 0 Å². The van der Waals surface area contributed by atoms with Crippen molar-refractivity contribution in [2.24, 2.45) is 0 Å². The van der Waals surface area contributed by atoms with Crippen LogP contribution in [0.5, 0.6) is 11.5 Å². The van der Waals surface area contributed by atoms with Crippen LogP contribution in [0, 0.1) is 0 Å². The van der Waals surface area contributed by atoms with Gasteiger partial charge in [0.1, 0.15) is 18.1 Å².